The van der Waals surface area contributed by atoms with Gasteiger partial charge in [0.2, 0.25) is 0 Å². The Balaban J connectivity index is 1.77. The van der Waals surface area contributed by atoms with E-state index >= 15 is 0 Å². The summed E-state index contributed by atoms with van der Waals surface area (Å²) in [5.41, 5.74) is 1.91. The molecule has 28 heavy (non-hydrogen) atoms. The topological polar surface area (TPSA) is 51.0 Å². The third-order valence-corrected chi connectivity index (χ3v) is 5.58. The van der Waals surface area contributed by atoms with Gasteiger partial charge in [-0.2, -0.15) is 0 Å². The highest BCUT2D eigenvalue weighted by atomic mass is 16.5. The minimum atomic E-state index is -0.0950. The molecule has 0 amide bonds. The molecule has 150 valence electrons. The molecule has 2 aromatic carbocycles. The number of hydrogen-bond acceptors (Lipinski definition) is 4. The van der Waals surface area contributed by atoms with Crippen molar-refractivity contribution < 1.29 is 14.6 Å². The molecule has 1 aliphatic rings. The molecule has 1 N–H and O–H groups in total. The molecule has 0 bridgehead atoms. The molecule has 4 nitrogen and oxygen atoms in total. The SMILES string of the molecule is COc1ccccc1C(CCN=Cc1ccccc1O)C1CCOC(C)(C)C1. The quantitative estimate of drug-likeness (QED) is 0.671. The summed E-state index contributed by atoms with van der Waals surface area (Å²) >= 11 is 0. The fourth-order valence-electron chi connectivity index (χ4n) is 4.21. The van der Waals surface area contributed by atoms with Crippen molar-refractivity contribution in [3.8, 4) is 11.5 Å². The first-order chi connectivity index (χ1) is 13.5. The maximum absolute atomic E-state index is 9.91. The van der Waals surface area contributed by atoms with Gasteiger partial charge < -0.3 is 14.6 Å². The van der Waals surface area contributed by atoms with Crippen molar-refractivity contribution in [1.82, 2.24) is 0 Å². The second kappa shape index (κ2) is 9.24. The molecule has 0 spiro atoms. The first-order valence-electron chi connectivity index (χ1n) is 10.0. The van der Waals surface area contributed by atoms with Crippen LogP contribution in [0.1, 0.15) is 50.2 Å². The Kier molecular flexibility index (Phi) is 6.74. The number of aromatic hydroxyl groups is 1. The van der Waals surface area contributed by atoms with Gasteiger partial charge in [-0.05, 0) is 68.7 Å². The van der Waals surface area contributed by atoms with Gasteiger partial charge in [0.15, 0.2) is 0 Å². The molecule has 1 saturated heterocycles. The number of rotatable bonds is 7. The van der Waals surface area contributed by atoms with Crippen molar-refractivity contribution in [1.29, 1.82) is 0 Å². The second-order valence-electron chi connectivity index (χ2n) is 8.09. The van der Waals surface area contributed by atoms with E-state index in [1.165, 1.54) is 5.56 Å². The first kappa shape index (κ1) is 20.4. The fourth-order valence-corrected chi connectivity index (χ4v) is 4.21. The molecule has 0 radical (unpaired) electrons. The Labute approximate surface area is 168 Å². The number of ether oxygens (including phenoxy) is 2. The Bertz CT molecular complexity index is 800. The van der Waals surface area contributed by atoms with Crippen molar-refractivity contribution in [2.45, 2.75) is 44.6 Å². The maximum atomic E-state index is 9.91. The number of nitrogens with zero attached hydrogens (tertiary/aromatic N) is 1. The van der Waals surface area contributed by atoms with Crippen LogP contribution in [0.15, 0.2) is 53.5 Å². The molecule has 1 heterocycles. The van der Waals surface area contributed by atoms with Gasteiger partial charge in [0, 0.05) is 24.9 Å². The van der Waals surface area contributed by atoms with E-state index in [4.69, 9.17) is 9.47 Å². The Morgan fingerprint density at radius 3 is 2.71 bits per heavy atom. The highest BCUT2D eigenvalue weighted by Gasteiger charge is 2.34. The van der Waals surface area contributed by atoms with E-state index in [-0.39, 0.29) is 11.4 Å². The second-order valence-corrected chi connectivity index (χ2v) is 8.09. The van der Waals surface area contributed by atoms with Crippen LogP contribution in [0.2, 0.25) is 0 Å². The van der Waals surface area contributed by atoms with Crippen LogP contribution in [0.25, 0.3) is 0 Å². The average molecular weight is 382 g/mol. The largest absolute Gasteiger partial charge is 0.507 e. The summed E-state index contributed by atoms with van der Waals surface area (Å²) in [4.78, 5) is 4.60. The van der Waals surface area contributed by atoms with Gasteiger partial charge in [-0.1, -0.05) is 30.3 Å². The fraction of sp³-hybridized carbons (Fsp3) is 0.458. The number of aliphatic imine (C=N–C) groups is 1. The number of phenols is 1. The lowest BCUT2D eigenvalue weighted by Gasteiger charge is -2.39. The van der Waals surface area contributed by atoms with Crippen LogP contribution in [0, 0.1) is 5.92 Å². The highest BCUT2D eigenvalue weighted by Crippen LogP contribution is 2.42. The molecule has 0 saturated carbocycles. The van der Waals surface area contributed by atoms with Gasteiger partial charge in [0.1, 0.15) is 11.5 Å². The van der Waals surface area contributed by atoms with Crippen molar-refractivity contribution in [3.63, 3.8) is 0 Å². The summed E-state index contributed by atoms with van der Waals surface area (Å²) in [6, 6.07) is 15.6. The van der Waals surface area contributed by atoms with Crippen LogP contribution in [0.3, 0.4) is 0 Å². The number of para-hydroxylation sites is 2. The predicted octanol–water partition coefficient (Wildman–Crippen LogP) is 5.20. The smallest absolute Gasteiger partial charge is 0.124 e. The van der Waals surface area contributed by atoms with E-state index < -0.39 is 0 Å². The lowest BCUT2D eigenvalue weighted by Crippen LogP contribution is -2.36. The summed E-state index contributed by atoms with van der Waals surface area (Å²) in [6.45, 7) is 5.85. The van der Waals surface area contributed by atoms with Crippen LogP contribution in [-0.2, 0) is 4.74 Å². The van der Waals surface area contributed by atoms with Crippen molar-refractivity contribution in [2.75, 3.05) is 20.3 Å². The summed E-state index contributed by atoms with van der Waals surface area (Å²) in [5.74, 6) is 2.10. The zero-order valence-electron chi connectivity index (χ0n) is 17.1. The van der Waals surface area contributed by atoms with Gasteiger partial charge in [-0.3, -0.25) is 4.99 Å². The molecular formula is C24H31NO3. The Morgan fingerprint density at radius 1 is 1.21 bits per heavy atom. The molecule has 3 rings (SSSR count). The molecular weight excluding hydrogens is 350 g/mol. The molecule has 0 aliphatic carbocycles. The van der Waals surface area contributed by atoms with Gasteiger partial charge in [0.05, 0.1) is 12.7 Å². The van der Waals surface area contributed by atoms with E-state index in [0.29, 0.717) is 18.4 Å². The lowest BCUT2D eigenvalue weighted by molar-refractivity contribution is -0.0771. The number of phenolic OH excluding ortho intramolecular Hbond substituents is 1. The van der Waals surface area contributed by atoms with Crippen LogP contribution in [0.4, 0.5) is 0 Å². The number of hydrogen-bond donors (Lipinski definition) is 1. The molecule has 1 aliphatic heterocycles. The Hall–Kier alpha value is -2.33. The zero-order valence-corrected chi connectivity index (χ0v) is 17.1. The molecule has 2 atom stereocenters. The van der Waals surface area contributed by atoms with E-state index in [9.17, 15) is 5.11 Å². The van der Waals surface area contributed by atoms with E-state index in [1.807, 2.05) is 30.3 Å². The van der Waals surface area contributed by atoms with Gasteiger partial charge in [-0.25, -0.2) is 0 Å². The molecule has 0 aromatic heterocycles. The normalized spacial score (nSPS) is 20.2. The minimum Gasteiger partial charge on any atom is -0.507 e. The van der Waals surface area contributed by atoms with Crippen LogP contribution in [-0.4, -0.2) is 37.2 Å². The summed E-state index contributed by atoms with van der Waals surface area (Å²) in [5, 5.41) is 9.91. The lowest BCUT2D eigenvalue weighted by atomic mass is 9.75. The first-order valence-corrected chi connectivity index (χ1v) is 10.0. The third-order valence-electron chi connectivity index (χ3n) is 5.58. The van der Waals surface area contributed by atoms with E-state index in [1.54, 1.807) is 19.4 Å². The summed E-state index contributed by atoms with van der Waals surface area (Å²) < 4.78 is 11.6. The van der Waals surface area contributed by atoms with E-state index in [2.05, 4.69) is 31.0 Å². The zero-order chi connectivity index (χ0) is 20.0. The molecule has 2 aromatic rings. The molecule has 4 heteroatoms. The van der Waals surface area contributed by atoms with Crippen molar-refractivity contribution in [3.05, 3.63) is 59.7 Å². The monoisotopic (exact) mass is 381 g/mol. The summed E-state index contributed by atoms with van der Waals surface area (Å²) in [7, 11) is 1.74. The minimum absolute atomic E-state index is 0.0950. The van der Waals surface area contributed by atoms with Gasteiger partial charge >= 0.3 is 0 Å². The highest BCUT2D eigenvalue weighted by molar-refractivity contribution is 5.83. The van der Waals surface area contributed by atoms with Gasteiger partial charge in [0.25, 0.3) is 0 Å². The maximum Gasteiger partial charge on any atom is 0.124 e. The molecule has 1 fully saturated rings. The van der Waals surface area contributed by atoms with Crippen LogP contribution >= 0.6 is 0 Å². The summed E-state index contributed by atoms with van der Waals surface area (Å²) in [6.07, 6.45) is 4.78. The molecule has 2 unspecified atom stereocenters. The van der Waals surface area contributed by atoms with Crippen LogP contribution < -0.4 is 4.74 Å². The number of benzene rings is 2. The average Bonchev–Trinajstić information content (AvgIpc) is 2.68. The van der Waals surface area contributed by atoms with E-state index in [0.717, 1.165) is 37.2 Å². The van der Waals surface area contributed by atoms with Crippen molar-refractivity contribution in [2.24, 2.45) is 10.9 Å². The predicted molar refractivity (Wildman–Crippen MR) is 114 cm³/mol. The Morgan fingerprint density at radius 2 is 1.96 bits per heavy atom. The third kappa shape index (κ3) is 5.14. The standard InChI is InChI=1S/C24H31NO3/c1-24(2)16-18(13-15-28-24)20(21-9-5-7-11-23(21)27-3)12-14-25-17-19-8-4-6-10-22(19)26/h4-11,17-18,20,26H,12-16H2,1-3H3. The number of methoxy groups -OCH3 is 1. The van der Waals surface area contributed by atoms with Crippen molar-refractivity contribution >= 4 is 6.21 Å². The van der Waals surface area contributed by atoms with Gasteiger partial charge in [-0.15, -0.1) is 0 Å². The van der Waals surface area contributed by atoms with Crippen LogP contribution in [0.5, 0.6) is 11.5 Å².